The van der Waals surface area contributed by atoms with Crippen LogP contribution in [0.4, 0.5) is 5.69 Å². The number of rotatable bonds is 3. The lowest BCUT2D eigenvalue weighted by Crippen LogP contribution is -2.26. The molecule has 0 aliphatic heterocycles. The summed E-state index contributed by atoms with van der Waals surface area (Å²) in [5.74, 6) is 0.0526. The van der Waals surface area contributed by atoms with Gasteiger partial charge in [-0.2, -0.15) is 0 Å². The molecule has 0 atom stereocenters. The van der Waals surface area contributed by atoms with Gasteiger partial charge < -0.3 is 16.3 Å². The lowest BCUT2D eigenvalue weighted by atomic mass is 9.88. The Kier molecular flexibility index (Phi) is 5.00. The van der Waals surface area contributed by atoms with Crippen LogP contribution in [0.25, 0.3) is 0 Å². The molecule has 6 heteroatoms. The number of carbonyl (C=O) groups excluding carboxylic acids is 1. The summed E-state index contributed by atoms with van der Waals surface area (Å²) < 4.78 is 0.801. The minimum atomic E-state index is -0.0229. The van der Waals surface area contributed by atoms with Gasteiger partial charge in [0.1, 0.15) is 0 Å². The van der Waals surface area contributed by atoms with Crippen molar-refractivity contribution in [3.8, 4) is 0 Å². The number of amidine groups is 1. The molecular weight excluding hydrogens is 322 g/mol. The molecule has 0 unspecified atom stereocenters. The van der Waals surface area contributed by atoms with Gasteiger partial charge in [-0.1, -0.05) is 40.3 Å². The normalized spacial score (nSPS) is 16.9. The number of oxime groups is 1. The molecule has 108 valence electrons. The Morgan fingerprint density at radius 2 is 2.05 bits per heavy atom. The molecular formula is C14H18BrN3O2. The number of halogens is 1. The zero-order valence-corrected chi connectivity index (χ0v) is 12.7. The molecule has 0 saturated heterocycles. The number of anilines is 1. The maximum atomic E-state index is 12.2. The first-order valence-corrected chi connectivity index (χ1v) is 7.49. The van der Waals surface area contributed by atoms with E-state index in [9.17, 15) is 4.79 Å². The average Bonchev–Trinajstić information content (AvgIpc) is 2.49. The van der Waals surface area contributed by atoms with Gasteiger partial charge in [0.15, 0.2) is 5.84 Å². The van der Waals surface area contributed by atoms with Crippen molar-refractivity contribution in [2.24, 2.45) is 16.8 Å². The topological polar surface area (TPSA) is 87.7 Å². The Morgan fingerprint density at radius 3 is 2.70 bits per heavy atom. The highest BCUT2D eigenvalue weighted by Gasteiger charge is 2.22. The number of nitrogens with one attached hydrogen (secondary N) is 1. The fourth-order valence-electron chi connectivity index (χ4n) is 2.49. The summed E-state index contributed by atoms with van der Waals surface area (Å²) in [7, 11) is 0. The number of hydrogen-bond acceptors (Lipinski definition) is 3. The standard InChI is InChI=1S/C14H18BrN3O2/c15-10-6-7-12(11(8-10)13(16)18-20)17-14(19)9-4-2-1-3-5-9/h6-9,20H,1-5H2,(H2,16,18)(H,17,19). The van der Waals surface area contributed by atoms with E-state index in [1.54, 1.807) is 12.1 Å². The molecule has 1 fully saturated rings. The monoisotopic (exact) mass is 339 g/mol. The minimum Gasteiger partial charge on any atom is -0.409 e. The third-order valence-electron chi connectivity index (χ3n) is 3.60. The van der Waals surface area contributed by atoms with Gasteiger partial charge in [0.25, 0.3) is 0 Å². The second-order valence-corrected chi connectivity index (χ2v) is 5.92. The van der Waals surface area contributed by atoms with Gasteiger partial charge in [-0.25, -0.2) is 0 Å². The summed E-state index contributed by atoms with van der Waals surface area (Å²) in [6.07, 6.45) is 5.27. The van der Waals surface area contributed by atoms with Crippen molar-refractivity contribution in [1.82, 2.24) is 0 Å². The lowest BCUT2D eigenvalue weighted by molar-refractivity contribution is -0.120. The van der Waals surface area contributed by atoms with Crippen LogP contribution in [0.2, 0.25) is 0 Å². The van der Waals surface area contributed by atoms with E-state index in [4.69, 9.17) is 10.9 Å². The van der Waals surface area contributed by atoms with Gasteiger partial charge in [0.2, 0.25) is 5.91 Å². The molecule has 0 spiro atoms. The maximum Gasteiger partial charge on any atom is 0.227 e. The van der Waals surface area contributed by atoms with E-state index < -0.39 is 0 Å². The van der Waals surface area contributed by atoms with Crippen molar-refractivity contribution < 1.29 is 10.0 Å². The van der Waals surface area contributed by atoms with Gasteiger partial charge in [0, 0.05) is 16.0 Å². The summed E-state index contributed by atoms with van der Waals surface area (Å²) in [4.78, 5) is 12.2. The molecule has 0 radical (unpaired) electrons. The van der Waals surface area contributed by atoms with Crippen LogP contribution in [-0.2, 0) is 4.79 Å². The molecule has 20 heavy (non-hydrogen) atoms. The van der Waals surface area contributed by atoms with E-state index in [0.717, 1.165) is 30.2 Å². The Hall–Kier alpha value is -1.56. The fourth-order valence-corrected chi connectivity index (χ4v) is 2.85. The fraction of sp³-hybridized carbons (Fsp3) is 0.429. The predicted octanol–water partition coefficient (Wildman–Crippen LogP) is 3.06. The highest BCUT2D eigenvalue weighted by atomic mass is 79.9. The van der Waals surface area contributed by atoms with E-state index in [-0.39, 0.29) is 17.7 Å². The number of benzene rings is 1. The first kappa shape index (κ1) is 14.8. The van der Waals surface area contributed by atoms with Crippen LogP contribution in [-0.4, -0.2) is 17.0 Å². The highest BCUT2D eigenvalue weighted by Crippen LogP contribution is 2.26. The van der Waals surface area contributed by atoms with Gasteiger partial charge in [-0.05, 0) is 31.0 Å². The molecule has 1 aliphatic carbocycles. The van der Waals surface area contributed by atoms with Crippen LogP contribution in [0.5, 0.6) is 0 Å². The van der Waals surface area contributed by atoms with Crippen molar-refractivity contribution in [1.29, 1.82) is 0 Å². The van der Waals surface area contributed by atoms with Gasteiger partial charge in [-0.3, -0.25) is 4.79 Å². The summed E-state index contributed by atoms with van der Waals surface area (Å²) in [6.45, 7) is 0. The van der Waals surface area contributed by atoms with E-state index in [1.165, 1.54) is 6.42 Å². The summed E-state index contributed by atoms with van der Waals surface area (Å²) >= 11 is 3.33. The first-order chi connectivity index (χ1) is 9.61. The molecule has 1 aromatic carbocycles. The number of carbonyl (C=O) groups is 1. The SMILES string of the molecule is N/C(=N/O)c1cc(Br)ccc1NC(=O)C1CCCCC1. The predicted molar refractivity (Wildman–Crippen MR) is 81.9 cm³/mol. The van der Waals surface area contributed by atoms with E-state index in [2.05, 4.69) is 26.4 Å². The van der Waals surface area contributed by atoms with Crippen molar-refractivity contribution in [3.63, 3.8) is 0 Å². The number of hydrogen-bond donors (Lipinski definition) is 3. The Balaban J connectivity index is 2.18. The average molecular weight is 340 g/mol. The molecule has 5 nitrogen and oxygen atoms in total. The Bertz CT molecular complexity index is 525. The van der Waals surface area contributed by atoms with E-state index in [1.807, 2.05) is 6.07 Å². The smallest absolute Gasteiger partial charge is 0.227 e. The Morgan fingerprint density at radius 1 is 1.35 bits per heavy atom. The van der Waals surface area contributed by atoms with Crippen molar-refractivity contribution in [2.75, 3.05) is 5.32 Å². The van der Waals surface area contributed by atoms with Crippen LogP contribution in [0.15, 0.2) is 27.8 Å². The van der Waals surface area contributed by atoms with Crippen molar-refractivity contribution in [3.05, 3.63) is 28.2 Å². The maximum absolute atomic E-state index is 12.2. The van der Waals surface area contributed by atoms with Crippen LogP contribution in [0.3, 0.4) is 0 Å². The summed E-state index contributed by atoms with van der Waals surface area (Å²) in [6, 6.07) is 5.27. The summed E-state index contributed by atoms with van der Waals surface area (Å²) in [5.41, 5.74) is 6.72. The molecule has 1 aliphatic rings. The number of nitrogens with two attached hydrogens (primary N) is 1. The first-order valence-electron chi connectivity index (χ1n) is 6.70. The molecule has 2 rings (SSSR count). The third-order valence-corrected chi connectivity index (χ3v) is 4.09. The van der Waals surface area contributed by atoms with Crippen LogP contribution in [0, 0.1) is 5.92 Å². The molecule has 0 bridgehead atoms. The molecule has 1 saturated carbocycles. The number of amides is 1. The van der Waals surface area contributed by atoms with Crippen LogP contribution in [0.1, 0.15) is 37.7 Å². The van der Waals surface area contributed by atoms with Crippen molar-refractivity contribution >= 4 is 33.4 Å². The van der Waals surface area contributed by atoms with Gasteiger partial charge in [0.05, 0.1) is 5.69 Å². The van der Waals surface area contributed by atoms with E-state index in [0.29, 0.717) is 11.3 Å². The second-order valence-electron chi connectivity index (χ2n) is 5.00. The van der Waals surface area contributed by atoms with Crippen molar-refractivity contribution in [2.45, 2.75) is 32.1 Å². The van der Waals surface area contributed by atoms with E-state index >= 15 is 0 Å². The summed E-state index contributed by atoms with van der Waals surface area (Å²) in [5, 5.41) is 14.7. The van der Waals surface area contributed by atoms with Crippen LogP contribution >= 0.6 is 15.9 Å². The third kappa shape index (κ3) is 3.50. The zero-order chi connectivity index (χ0) is 14.5. The molecule has 1 aromatic rings. The largest absolute Gasteiger partial charge is 0.409 e. The zero-order valence-electron chi connectivity index (χ0n) is 11.1. The molecule has 0 aromatic heterocycles. The van der Waals surface area contributed by atoms with Crippen LogP contribution < -0.4 is 11.1 Å². The van der Waals surface area contributed by atoms with Gasteiger partial charge >= 0.3 is 0 Å². The lowest BCUT2D eigenvalue weighted by Gasteiger charge is -2.21. The highest BCUT2D eigenvalue weighted by molar-refractivity contribution is 9.10. The molecule has 0 heterocycles. The minimum absolute atomic E-state index is 0.0130. The second kappa shape index (κ2) is 6.74. The number of nitrogens with zero attached hydrogens (tertiary/aromatic N) is 1. The molecule has 4 N–H and O–H groups in total. The molecule has 1 amide bonds. The van der Waals surface area contributed by atoms with Gasteiger partial charge in [-0.15, -0.1) is 0 Å². The Labute approximate surface area is 126 Å². The quantitative estimate of drug-likeness (QED) is 0.342.